The van der Waals surface area contributed by atoms with Gasteiger partial charge in [0.25, 0.3) is 5.89 Å². The number of ether oxygens (including phenoxy) is 2. The lowest BCUT2D eigenvalue weighted by atomic mass is 10.2. The lowest BCUT2D eigenvalue weighted by molar-refractivity contribution is -0.119. The van der Waals surface area contributed by atoms with Gasteiger partial charge in [-0.25, -0.2) is 0 Å². The molecule has 27 heavy (non-hydrogen) atoms. The van der Waals surface area contributed by atoms with Crippen LogP contribution in [0, 0.1) is 0 Å². The molecule has 0 fully saturated rings. The molecule has 1 N–H and O–H groups in total. The van der Waals surface area contributed by atoms with Crippen molar-refractivity contribution in [3.05, 3.63) is 46.7 Å². The van der Waals surface area contributed by atoms with E-state index in [0.717, 1.165) is 15.3 Å². The average molecular weight is 385 g/mol. The summed E-state index contributed by atoms with van der Waals surface area (Å²) in [6.45, 7) is 1.98. The van der Waals surface area contributed by atoms with Crippen LogP contribution in [-0.4, -0.2) is 30.3 Å². The quantitative estimate of drug-likeness (QED) is 0.668. The first-order valence-electron chi connectivity index (χ1n) is 8.16. The number of hydrogen-bond acceptors (Lipinski definition) is 7. The van der Waals surface area contributed by atoms with Gasteiger partial charge in [0.2, 0.25) is 11.7 Å². The molecule has 7 nitrogen and oxygen atoms in total. The van der Waals surface area contributed by atoms with E-state index >= 15 is 0 Å². The normalized spacial score (nSPS) is 10.9. The number of carbonyl (C=O) groups excluding carboxylic acids is 1. The van der Waals surface area contributed by atoms with Crippen molar-refractivity contribution in [1.82, 2.24) is 15.5 Å². The Bertz CT molecular complexity index is 962. The Kier molecular flexibility index (Phi) is 5.87. The number of nitrogens with one attached hydrogen (secondary N) is 1. The predicted molar refractivity (Wildman–Crippen MR) is 104 cm³/mol. The number of amides is 1. The summed E-state index contributed by atoms with van der Waals surface area (Å²) >= 11 is 1.51. The Morgan fingerprint density at radius 1 is 1.19 bits per heavy atom. The molecule has 1 aromatic carbocycles. The van der Waals surface area contributed by atoms with Gasteiger partial charge in [-0.1, -0.05) is 11.2 Å². The summed E-state index contributed by atoms with van der Waals surface area (Å²) in [5, 5.41) is 6.77. The van der Waals surface area contributed by atoms with Crippen molar-refractivity contribution in [2.24, 2.45) is 0 Å². The molecule has 0 radical (unpaired) electrons. The third kappa shape index (κ3) is 4.73. The van der Waals surface area contributed by atoms with Gasteiger partial charge in [0.15, 0.2) is 11.5 Å². The molecular weight excluding hydrogens is 366 g/mol. The molecule has 2 heterocycles. The average Bonchev–Trinajstić information content (AvgIpc) is 3.33. The zero-order valence-electron chi connectivity index (χ0n) is 15.2. The highest BCUT2D eigenvalue weighted by molar-refractivity contribution is 7.15. The first-order valence-corrected chi connectivity index (χ1v) is 8.98. The van der Waals surface area contributed by atoms with Crippen LogP contribution in [0.1, 0.15) is 23.3 Å². The van der Waals surface area contributed by atoms with Crippen molar-refractivity contribution in [3.8, 4) is 22.2 Å². The van der Waals surface area contributed by atoms with Crippen LogP contribution in [0.2, 0.25) is 0 Å². The number of carbonyl (C=O) groups is 1. The zero-order chi connectivity index (χ0) is 19.2. The van der Waals surface area contributed by atoms with Crippen LogP contribution >= 0.6 is 11.3 Å². The standard InChI is InChI=1S/C19H19N3O4S/c1-12(23)20-11-14-6-8-17(27-14)19-21-18(26-22-19)9-5-13-4-7-15(24-2)16(10-13)25-3/h4-10H,11H2,1-3H3,(H,20,23). The van der Waals surface area contributed by atoms with Gasteiger partial charge in [-0.3, -0.25) is 4.79 Å². The second kappa shape index (κ2) is 8.50. The molecule has 0 bridgehead atoms. The van der Waals surface area contributed by atoms with Crippen LogP contribution in [0.5, 0.6) is 11.5 Å². The summed E-state index contributed by atoms with van der Waals surface area (Å²) in [6, 6.07) is 9.45. The molecule has 2 aromatic heterocycles. The van der Waals surface area contributed by atoms with Crippen LogP contribution in [0.4, 0.5) is 0 Å². The van der Waals surface area contributed by atoms with E-state index < -0.39 is 0 Å². The maximum atomic E-state index is 11.0. The van der Waals surface area contributed by atoms with E-state index in [1.165, 1.54) is 18.3 Å². The molecule has 3 aromatic rings. The molecule has 8 heteroatoms. The number of benzene rings is 1. The van der Waals surface area contributed by atoms with E-state index in [1.807, 2.05) is 36.4 Å². The Balaban J connectivity index is 1.71. The predicted octanol–water partition coefficient (Wildman–Crippen LogP) is 3.62. The number of hydrogen-bond donors (Lipinski definition) is 1. The summed E-state index contributed by atoms with van der Waals surface area (Å²) in [6.07, 6.45) is 3.60. The Morgan fingerprint density at radius 2 is 2.00 bits per heavy atom. The highest BCUT2D eigenvalue weighted by Gasteiger charge is 2.10. The highest BCUT2D eigenvalue weighted by Crippen LogP contribution is 2.29. The second-order valence-corrected chi connectivity index (χ2v) is 6.75. The number of thiophene rings is 1. The molecule has 0 unspecified atom stereocenters. The van der Waals surface area contributed by atoms with Gasteiger partial charge in [0.05, 0.1) is 25.6 Å². The van der Waals surface area contributed by atoms with Gasteiger partial charge in [-0.15, -0.1) is 11.3 Å². The zero-order valence-corrected chi connectivity index (χ0v) is 16.0. The Hall–Kier alpha value is -3.13. The van der Waals surface area contributed by atoms with E-state index in [9.17, 15) is 4.79 Å². The lowest BCUT2D eigenvalue weighted by Crippen LogP contribution is -2.17. The van der Waals surface area contributed by atoms with Gasteiger partial charge in [-0.2, -0.15) is 4.98 Å². The largest absolute Gasteiger partial charge is 0.493 e. The molecule has 1 amide bonds. The molecule has 140 valence electrons. The van der Waals surface area contributed by atoms with Gasteiger partial charge < -0.3 is 19.3 Å². The Morgan fingerprint density at radius 3 is 2.74 bits per heavy atom. The van der Waals surface area contributed by atoms with Crippen LogP contribution in [0.15, 0.2) is 34.9 Å². The monoisotopic (exact) mass is 385 g/mol. The number of rotatable bonds is 7. The minimum absolute atomic E-state index is 0.0629. The minimum Gasteiger partial charge on any atom is -0.493 e. The summed E-state index contributed by atoms with van der Waals surface area (Å²) in [4.78, 5) is 17.3. The fourth-order valence-corrected chi connectivity index (χ4v) is 3.20. The third-order valence-electron chi connectivity index (χ3n) is 3.66. The molecule has 3 rings (SSSR count). The molecule has 0 saturated carbocycles. The maximum absolute atomic E-state index is 11.0. The molecule has 0 atom stereocenters. The van der Waals surface area contributed by atoms with Crippen molar-refractivity contribution in [2.75, 3.05) is 14.2 Å². The highest BCUT2D eigenvalue weighted by atomic mass is 32.1. The van der Waals surface area contributed by atoms with Crippen LogP contribution in [0.3, 0.4) is 0 Å². The van der Waals surface area contributed by atoms with E-state index in [2.05, 4.69) is 15.5 Å². The van der Waals surface area contributed by atoms with E-state index in [4.69, 9.17) is 14.0 Å². The first-order chi connectivity index (χ1) is 13.1. The first kappa shape index (κ1) is 18.7. The molecule has 0 saturated heterocycles. The summed E-state index contributed by atoms with van der Waals surface area (Å²) in [5.41, 5.74) is 0.918. The van der Waals surface area contributed by atoms with Crippen LogP contribution in [-0.2, 0) is 11.3 Å². The summed E-state index contributed by atoms with van der Waals surface area (Å²) in [7, 11) is 3.19. The van der Waals surface area contributed by atoms with Gasteiger partial charge in [0.1, 0.15) is 0 Å². The molecule has 0 aliphatic rings. The Labute approximate surface area is 160 Å². The van der Waals surface area contributed by atoms with Crippen LogP contribution < -0.4 is 14.8 Å². The fraction of sp³-hybridized carbons (Fsp3) is 0.211. The molecular formula is C19H19N3O4S. The molecule has 0 aliphatic heterocycles. The van der Waals surface area contributed by atoms with Crippen molar-refractivity contribution < 1.29 is 18.8 Å². The van der Waals surface area contributed by atoms with Gasteiger partial charge in [0, 0.05) is 17.9 Å². The molecule has 0 aliphatic carbocycles. The lowest BCUT2D eigenvalue weighted by Gasteiger charge is -2.07. The van der Waals surface area contributed by atoms with Crippen molar-refractivity contribution in [1.29, 1.82) is 0 Å². The number of aromatic nitrogens is 2. The molecule has 0 spiro atoms. The topological polar surface area (TPSA) is 86.5 Å². The summed E-state index contributed by atoms with van der Waals surface area (Å²) < 4.78 is 15.8. The SMILES string of the molecule is COc1ccc(C=Cc2nc(-c3ccc(CNC(C)=O)s3)no2)cc1OC. The smallest absolute Gasteiger partial charge is 0.250 e. The van der Waals surface area contributed by atoms with Crippen molar-refractivity contribution in [3.63, 3.8) is 0 Å². The van der Waals surface area contributed by atoms with Crippen LogP contribution in [0.25, 0.3) is 22.9 Å². The maximum Gasteiger partial charge on any atom is 0.250 e. The minimum atomic E-state index is -0.0629. The van der Waals surface area contributed by atoms with Crippen molar-refractivity contribution >= 4 is 29.4 Å². The fourth-order valence-electron chi connectivity index (χ4n) is 2.33. The second-order valence-electron chi connectivity index (χ2n) is 5.58. The van der Waals surface area contributed by atoms with E-state index in [1.54, 1.807) is 20.3 Å². The van der Waals surface area contributed by atoms with E-state index in [0.29, 0.717) is 29.8 Å². The number of methoxy groups -OCH3 is 2. The van der Waals surface area contributed by atoms with Crippen molar-refractivity contribution in [2.45, 2.75) is 13.5 Å². The van der Waals surface area contributed by atoms with E-state index in [-0.39, 0.29) is 5.91 Å². The summed E-state index contributed by atoms with van der Waals surface area (Å²) in [5.74, 6) is 2.17. The van der Waals surface area contributed by atoms with Gasteiger partial charge in [-0.05, 0) is 35.9 Å². The number of nitrogens with zero attached hydrogens (tertiary/aromatic N) is 2. The van der Waals surface area contributed by atoms with Gasteiger partial charge >= 0.3 is 0 Å². The third-order valence-corrected chi connectivity index (χ3v) is 4.74.